The van der Waals surface area contributed by atoms with Crippen molar-refractivity contribution in [1.29, 1.82) is 0 Å². The Labute approximate surface area is 328 Å². The molecule has 1 aliphatic rings. The molecule has 306 valence electrons. The molecule has 0 spiro atoms. The molecule has 2 aromatic rings. The molecule has 0 aliphatic heterocycles. The number of amides is 2. The van der Waals surface area contributed by atoms with Gasteiger partial charge in [0.15, 0.2) is 0 Å². The Balaban J connectivity index is 0.000000398. The van der Waals surface area contributed by atoms with E-state index in [1.54, 1.807) is 55.4 Å². The summed E-state index contributed by atoms with van der Waals surface area (Å²) in [6.07, 6.45) is 0.882. The minimum absolute atomic E-state index is 0.00445. The van der Waals surface area contributed by atoms with Crippen molar-refractivity contribution in [2.75, 3.05) is 19.8 Å². The lowest BCUT2D eigenvalue weighted by atomic mass is 9.98. The third kappa shape index (κ3) is 15.6. The fraction of sp³-hybridized carbons (Fsp3) is 0.476. The third-order valence-corrected chi connectivity index (χ3v) is 8.03. The molecule has 0 heterocycles. The first-order valence-electron chi connectivity index (χ1n) is 18.3. The highest BCUT2D eigenvalue weighted by molar-refractivity contribution is 5.84. The fourth-order valence-electron chi connectivity index (χ4n) is 5.69. The lowest BCUT2D eigenvalue weighted by Gasteiger charge is -2.26. The quantitative estimate of drug-likeness (QED) is 0.0928. The Kier molecular flexibility index (Phi) is 17.8. The van der Waals surface area contributed by atoms with Gasteiger partial charge >= 0.3 is 36.1 Å². The van der Waals surface area contributed by atoms with E-state index in [0.29, 0.717) is 0 Å². The number of ether oxygens (including phenoxy) is 5. The van der Waals surface area contributed by atoms with Gasteiger partial charge in [-0.2, -0.15) is 0 Å². The number of nitrogens with one attached hydrogen (secondary N) is 2. The maximum absolute atomic E-state index is 12.5. The molecule has 1 aliphatic carbocycles. The van der Waals surface area contributed by atoms with Crippen molar-refractivity contribution < 1.29 is 57.6 Å². The Morgan fingerprint density at radius 2 is 1.11 bits per heavy atom. The van der Waals surface area contributed by atoms with Gasteiger partial charge in [-0.05, 0) is 75.6 Å². The molecule has 2 aromatic carbocycles. The smallest absolute Gasteiger partial charge is 0.408 e. The van der Waals surface area contributed by atoms with Crippen LogP contribution in [0.5, 0.6) is 0 Å². The maximum atomic E-state index is 12.5. The Morgan fingerprint density at radius 1 is 0.679 bits per heavy atom. The van der Waals surface area contributed by atoms with E-state index in [9.17, 15) is 28.8 Å². The van der Waals surface area contributed by atoms with Gasteiger partial charge in [0.1, 0.15) is 43.1 Å². The number of carboxylic acids is 1. The summed E-state index contributed by atoms with van der Waals surface area (Å²) >= 11 is 0. The number of hydrogen-bond acceptors (Lipinski definition) is 11. The molecule has 4 atom stereocenters. The summed E-state index contributed by atoms with van der Waals surface area (Å²) in [5.74, 6) is -4.30. The molecule has 0 saturated carbocycles. The zero-order valence-electron chi connectivity index (χ0n) is 33.5. The molecule has 2 amide bonds. The van der Waals surface area contributed by atoms with Crippen LogP contribution in [0.4, 0.5) is 9.59 Å². The molecular formula is C42H56N2O12. The first-order valence-corrected chi connectivity index (χ1v) is 18.3. The Hall–Kier alpha value is -5.66. The summed E-state index contributed by atoms with van der Waals surface area (Å²) in [6.45, 7) is 20.6. The number of alkyl carbamates (subject to hydrolysis) is 2. The summed E-state index contributed by atoms with van der Waals surface area (Å²) < 4.78 is 25.9. The molecule has 0 bridgehead atoms. The summed E-state index contributed by atoms with van der Waals surface area (Å²) in [6, 6.07) is 13.7. The summed E-state index contributed by atoms with van der Waals surface area (Å²) in [5, 5.41) is 14.0. The number of hydrogen-bond donors (Lipinski definition) is 3. The zero-order chi connectivity index (χ0) is 42.2. The Morgan fingerprint density at radius 3 is 1.54 bits per heavy atom. The standard InChI is InChI=1S/C24H25NO6.C18H31NO6/c1-3-12-30-23(28)22(15(2)13-21(26)27)25-24(29)31-14-20-18-10-6-4-8-16(18)17-9-5-7-11-19(17)20;1-9-10-23-15(21)14(19-16(22)25-18(6,7)8)12(2)11-13(20)24-17(3,4)5/h3-11,15,20,22H,1,12-14H2,2H3,(H,25,29)(H,26,27);9,12,14H,1,10-11H2,2-8H3,(H,19,22)/t15-,22?;12-,14?/m00/s1. The van der Waals surface area contributed by atoms with Crippen molar-refractivity contribution in [3.05, 3.63) is 85.0 Å². The highest BCUT2D eigenvalue weighted by Crippen LogP contribution is 2.44. The first-order chi connectivity index (χ1) is 26.2. The highest BCUT2D eigenvalue weighted by atomic mass is 16.6. The van der Waals surface area contributed by atoms with E-state index >= 15 is 0 Å². The predicted molar refractivity (Wildman–Crippen MR) is 209 cm³/mol. The second-order valence-electron chi connectivity index (χ2n) is 15.3. The number of carbonyl (C=O) groups excluding carboxylic acids is 5. The number of aliphatic carboxylic acids is 1. The number of esters is 3. The van der Waals surface area contributed by atoms with E-state index in [-0.39, 0.29) is 38.6 Å². The second kappa shape index (κ2) is 21.4. The van der Waals surface area contributed by atoms with E-state index < -0.39 is 71.2 Å². The molecule has 0 aromatic heterocycles. The van der Waals surface area contributed by atoms with Crippen molar-refractivity contribution in [1.82, 2.24) is 10.6 Å². The van der Waals surface area contributed by atoms with Crippen LogP contribution in [0.25, 0.3) is 11.1 Å². The lowest BCUT2D eigenvalue weighted by molar-refractivity contribution is -0.157. The highest BCUT2D eigenvalue weighted by Gasteiger charge is 2.34. The van der Waals surface area contributed by atoms with Gasteiger partial charge < -0.3 is 39.4 Å². The van der Waals surface area contributed by atoms with Gasteiger partial charge in [0.05, 0.1) is 12.8 Å². The molecule has 14 heteroatoms. The van der Waals surface area contributed by atoms with Crippen molar-refractivity contribution in [3.8, 4) is 11.1 Å². The number of fused-ring (bicyclic) bond motifs is 3. The first kappa shape index (κ1) is 46.5. The molecule has 0 radical (unpaired) electrons. The van der Waals surface area contributed by atoms with Crippen LogP contribution in [0, 0.1) is 11.8 Å². The van der Waals surface area contributed by atoms with Crippen LogP contribution >= 0.6 is 0 Å². The van der Waals surface area contributed by atoms with E-state index in [1.165, 1.54) is 12.2 Å². The van der Waals surface area contributed by atoms with Gasteiger partial charge in [0, 0.05) is 5.92 Å². The number of rotatable bonds is 16. The van der Waals surface area contributed by atoms with Crippen molar-refractivity contribution in [2.24, 2.45) is 11.8 Å². The molecular weight excluding hydrogens is 724 g/mol. The SMILES string of the molecule is C=CCOC(=O)C(NC(=O)OC(C)(C)C)[C@@H](C)CC(=O)OC(C)(C)C.C=CCOC(=O)C(NC(=O)OCC1c2ccccc2-c2ccccc21)[C@@H](C)CC(=O)O. The molecule has 14 nitrogen and oxygen atoms in total. The van der Waals surface area contributed by atoms with Crippen LogP contribution in [0.15, 0.2) is 73.8 Å². The monoisotopic (exact) mass is 780 g/mol. The van der Waals surface area contributed by atoms with Crippen molar-refractivity contribution in [2.45, 2.75) is 97.4 Å². The number of carbonyl (C=O) groups is 6. The molecule has 0 fully saturated rings. The predicted octanol–water partition coefficient (Wildman–Crippen LogP) is 6.71. The molecule has 3 rings (SSSR count). The van der Waals surface area contributed by atoms with Gasteiger partial charge in [0.25, 0.3) is 0 Å². The van der Waals surface area contributed by atoms with Gasteiger partial charge in [-0.15, -0.1) is 0 Å². The largest absolute Gasteiger partial charge is 0.481 e. The van der Waals surface area contributed by atoms with E-state index in [2.05, 4.69) is 23.8 Å². The Bertz CT molecular complexity index is 1660. The molecule has 3 N–H and O–H groups in total. The lowest BCUT2D eigenvalue weighted by Crippen LogP contribution is -2.48. The van der Waals surface area contributed by atoms with Crippen LogP contribution < -0.4 is 10.6 Å². The average molecular weight is 781 g/mol. The third-order valence-electron chi connectivity index (χ3n) is 8.03. The van der Waals surface area contributed by atoms with Gasteiger partial charge in [0.2, 0.25) is 0 Å². The van der Waals surface area contributed by atoms with Crippen LogP contribution in [0.3, 0.4) is 0 Å². The van der Waals surface area contributed by atoms with Crippen LogP contribution in [0.1, 0.15) is 85.3 Å². The molecule has 56 heavy (non-hydrogen) atoms. The summed E-state index contributed by atoms with van der Waals surface area (Å²) in [5.41, 5.74) is 3.00. The minimum atomic E-state index is -1.15. The van der Waals surface area contributed by atoms with E-state index in [0.717, 1.165) is 22.3 Å². The van der Waals surface area contributed by atoms with E-state index in [1.807, 2.05) is 48.5 Å². The van der Waals surface area contributed by atoms with Gasteiger partial charge in [-0.25, -0.2) is 19.2 Å². The normalized spacial score (nSPS) is 14.0. The summed E-state index contributed by atoms with van der Waals surface area (Å²) in [4.78, 5) is 72.1. The van der Waals surface area contributed by atoms with Crippen LogP contribution in [-0.4, -0.2) is 84.3 Å². The second-order valence-corrected chi connectivity index (χ2v) is 15.3. The van der Waals surface area contributed by atoms with Crippen molar-refractivity contribution >= 4 is 36.1 Å². The number of carboxylic acid groups (broad SMARTS) is 1. The van der Waals surface area contributed by atoms with Crippen LogP contribution in [-0.2, 0) is 42.9 Å². The number of benzene rings is 2. The fourth-order valence-corrected chi connectivity index (χ4v) is 5.69. The van der Waals surface area contributed by atoms with Crippen LogP contribution in [0.2, 0.25) is 0 Å². The zero-order valence-corrected chi connectivity index (χ0v) is 33.5. The molecule has 0 saturated heterocycles. The van der Waals surface area contributed by atoms with Crippen molar-refractivity contribution in [3.63, 3.8) is 0 Å². The topological polar surface area (TPSA) is 193 Å². The molecule has 2 unspecified atom stereocenters. The van der Waals surface area contributed by atoms with Gasteiger partial charge in [-0.1, -0.05) is 87.7 Å². The van der Waals surface area contributed by atoms with E-state index in [4.69, 9.17) is 28.8 Å². The summed E-state index contributed by atoms with van der Waals surface area (Å²) in [7, 11) is 0. The van der Waals surface area contributed by atoms with Gasteiger partial charge in [-0.3, -0.25) is 9.59 Å². The average Bonchev–Trinajstić information content (AvgIpc) is 3.41. The minimum Gasteiger partial charge on any atom is -0.481 e. The maximum Gasteiger partial charge on any atom is 0.408 e.